The first-order chi connectivity index (χ1) is 11.4. The van der Waals surface area contributed by atoms with Gasteiger partial charge < -0.3 is 10.1 Å². The van der Waals surface area contributed by atoms with Crippen LogP contribution < -0.4 is 5.32 Å². The number of aromatic nitrogens is 3. The molecule has 1 saturated heterocycles. The average molecular weight is 341 g/mol. The molecule has 1 aromatic carbocycles. The van der Waals surface area contributed by atoms with Gasteiger partial charge in [0, 0.05) is 12.2 Å². The van der Waals surface area contributed by atoms with E-state index in [9.17, 15) is 18.1 Å². The minimum absolute atomic E-state index is 0.0974. The SMILES string of the molecule is O=Nc1ccc(NCC2(Cn3cncn3)COC2)c(C(F)(F)F)c1. The van der Waals surface area contributed by atoms with Crippen LogP contribution in [0.15, 0.2) is 36.0 Å². The minimum atomic E-state index is -4.59. The molecule has 1 aliphatic rings. The molecule has 2 aromatic rings. The molecule has 1 aromatic heterocycles. The summed E-state index contributed by atoms with van der Waals surface area (Å²) in [5.41, 5.74) is -1.65. The van der Waals surface area contributed by atoms with E-state index in [1.807, 2.05) is 0 Å². The van der Waals surface area contributed by atoms with Gasteiger partial charge in [0.2, 0.25) is 0 Å². The van der Waals surface area contributed by atoms with Crippen molar-refractivity contribution in [2.24, 2.45) is 10.6 Å². The normalized spacial score (nSPS) is 16.5. The number of alkyl halides is 3. The molecule has 0 amide bonds. The van der Waals surface area contributed by atoms with Crippen LogP contribution in [-0.2, 0) is 17.5 Å². The first-order valence-electron chi connectivity index (χ1n) is 7.11. The maximum atomic E-state index is 13.2. The van der Waals surface area contributed by atoms with Crippen LogP contribution in [0.2, 0.25) is 0 Å². The number of ether oxygens (including phenoxy) is 1. The lowest BCUT2D eigenvalue weighted by molar-refractivity contribution is -0.137. The van der Waals surface area contributed by atoms with Crippen molar-refractivity contribution >= 4 is 11.4 Å². The summed E-state index contributed by atoms with van der Waals surface area (Å²) in [5.74, 6) is 0. The Morgan fingerprint density at radius 3 is 2.71 bits per heavy atom. The van der Waals surface area contributed by atoms with Crippen LogP contribution in [0, 0.1) is 10.3 Å². The number of nitrogens with zero attached hydrogens (tertiary/aromatic N) is 4. The van der Waals surface area contributed by atoms with Gasteiger partial charge >= 0.3 is 6.18 Å². The number of nitroso groups, excluding NO2 is 1. The Bertz CT molecular complexity index is 714. The van der Waals surface area contributed by atoms with Gasteiger partial charge in [0.05, 0.1) is 30.7 Å². The summed E-state index contributed by atoms with van der Waals surface area (Å²) in [4.78, 5) is 14.3. The second kappa shape index (κ2) is 6.19. The zero-order valence-corrected chi connectivity index (χ0v) is 12.5. The van der Waals surface area contributed by atoms with Gasteiger partial charge in [-0.2, -0.15) is 18.3 Å². The minimum Gasteiger partial charge on any atom is -0.384 e. The first kappa shape index (κ1) is 16.4. The van der Waals surface area contributed by atoms with Gasteiger partial charge in [0.25, 0.3) is 0 Å². The number of rotatable bonds is 6. The molecule has 1 fully saturated rings. The second-order valence-corrected chi connectivity index (χ2v) is 5.76. The number of anilines is 1. The molecular weight excluding hydrogens is 327 g/mol. The van der Waals surface area contributed by atoms with Crippen molar-refractivity contribution in [1.29, 1.82) is 0 Å². The summed E-state index contributed by atoms with van der Waals surface area (Å²) in [7, 11) is 0. The smallest absolute Gasteiger partial charge is 0.384 e. The molecule has 2 heterocycles. The fourth-order valence-corrected chi connectivity index (χ4v) is 2.56. The van der Waals surface area contributed by atoms with Crippen LogP contribution in [0.3, 0.4) is 0 Å². The van der Waals surface area contributed by atoms with E-state index in [2.05, 4.69) is 20.6 Å². The topological polar surface area (TPSA) is 81.4 Å². The summed E-state index contributed by atoms with van der Waals surface area (Å²) in [6.07, 6.45) is -1.64. The molecule has 10 heteroatoms. The van der Waals surface area contributed by atoms with Gasteiger partial charge in [-0.15, -0.1) is 4.91 Å². The van der Waals surface area contributed by atoms with Crippen LogP contribution in [0.4, 0.5) is 24.5 Å². The third-order valence-electron chi connectivity index (χ3n) is 3.85. The maximum absolute atomic E-state index is 13.2. The van der Waals surface area contributed by atoms with Gasteiger partial charge in [-0.3, -0.25) is 4.68 Å². The van der Waals surface area contributed by atoms with E-state index in [0.717, 1.165) is 6.07 Å². The van der Waals surface area contributed by atoms with E-state index in [1.165, 1.54) is 18.5 Å². The highest BCUT2D eigenvalue weighted by molar-refractivity contribution is 5.59. The van der Waals surface area contributed by atoms with E-state index >= 15 is 0 Å². The van der Waals surface area contributed by atoms with Crippen molar-refractivity contribution in [2.75, 3.05) is 25.1 Å². The lowest BCUT2D eigenvalue weighted by Crippen LogP contribution is -2.50. The Labute approximate surface area is 134 Å². The Morgan fingerprint density at radius 1 is 1.38 bits per heavy atom. The molecule has 0 atom stereocenters. The van der Waals surface area contributed by atoms with Crippen molar-refractivity contribution in [3.63, 3.8) is 0 Å². The van der Waals surface area contributed by atoms with Crippen molar-refractivity contribution in [3.8, 4) is 0 Å². The molecule has 7 nitrogen and oxygen atoms in total. The molecule has 0 unspecified atom stereocenters. The molecule has 0 saturated carbocycles. The number of halogens is 3. The third-order valence-corrected chi connectivity index (χ3v) is 3.85. The number of hydrogen-bond acceptors (Lipinski definition) is 6. The van der Waals surface area contributed by atoms with Crippen LogP contribution in [0.5, 0.6) is 0 Å². The predicted octanol–water partition coefficient (Wildman–Crippen LogP) is 2.82. The van der Waals surface area contributed by atoms with Crippen LogP contribution in [0.1, 0.15) is 5.56 Å². The molecule has 0 bridgehead atoms. The lowest BCUT2D eigenvalue weighted by atomic mass is 9.85. The molecule has 128 valence electrons. The van der Waals surface area contributed by atoms with Crippen molar-refractivity contribution < 1.29 is 17.9 Å². The molecule has 1 aliphatic heterocycles. The Hall–Kier alpha value is -2.49. The van der Waals surface area contributed by atoms with Gasteiger partial charge in [-0.25, -0.2) is 4.98 Å². The van der Waals surface area contributed by atoms with Crippen molar-refractivity contribution in [3.05, 3.63) is 41.3 Å². The zero-order chi connectivity index (χ0) is 17.2. The number of nitrogens with one attached hydrogen (secondary N) is 1. The predicted molar refractivity (Wildman–Crippen MR) is 78.7 cm³/mol. The zero-order valence-electron chi connectivity index (χ0n) is 12.5. The molecule has 0 spiro atoms. The fourth-order valence-electron chi connectivity index (χ4n) is 2.56. The average Bonchev–Trinajstić information content (AvgIpc) is 3.01. The molecule has 0 aliphatic carbocycles. The quantitative estimate of drug-likeness (QED) is 0.817. The van der Waals surface area contributed by atoms with Crippen LogP contribution in [0.25, 0.3) is 0 Å². The lowest BCUT2D eigenvalue weighted by Gasteiger charge is -2.41. The second-order valence-electron chi connectivity index (χ2n) is 5.76. The standard InChI is InChI=1S/C14H14F3N5O2/c15-14(16,17)11-3-10(21-23)1-2-12(11)19-4-13(6-24-7-13)5-22-9-18-8-20-22/h1-3,8-9,19H,4-7H2. The van der Waals surface area contributed by atoms with E-state index in [-0.39, 0.29) is 23.3 Å². The molecule has 3 rings (SSSR count). The first-order valence-corrected chi connectivity index (χ1v) is 7.11. The van der Waals surface area contributed by atoms with Crippen molar-refractivity contribution in [2.45, 2.75) is 12.7 Å². The Balaban J connectivity index is 1.77. The van der Waals surface area contributed by atoms with Gasteiger partial charge in [0.1, 0.15) is 18.3 Å². The highest BCUT2D eigenvalue weighted by atomic mass is 19.4. The Kier molecular flexibility index (Phi) is 4.22. The monoisotopic (exact) mass is 341 g/mol. The summed E-state index contributed by atoms with van der Waals surface area (Å²) in [6, 6.07) is 3.19. The van der Waals surface area contributed by atoms with Crippen molar-refractivity contribution in [1.82, 2.24) is 14.8 Å². The largest absolute Gasteiger partial charge is 0.418 e. The summed E-state index contributed by atoms with van der Waals surface area (Å²) in [6.45, 7) is 1.57. The molecule has 0 radical (unpaired) electrons. The fraction of sp³-hybridized carbons (Fsp3) is 0.429. The van der Waals surface area contributed by atoms with Gasteiger partial charge in [-0.1, -0.05) is 0 Å². The Morgan fingerprint density at radius 2 is 2.17 bits per heavy atom. The van der Waals surface area contributed by atoms with E-state index in [1.54, 1.807) is 11.0 Å². The molecule has 24 heavy (non-hydrogen) atoms. The third kappa shape index (κ3) is 3.37. The summed E-state index contributed by atoms with van der Waals surface area (Å²) in [5, 5.41) is 9.39. The highest BCUT2D eigenvalue weighted by Gasteiger charge is 2.40. The van der Waals surface area contributed by atoms with Crippen LogP contribution in [-0.4, -0.2) is 34.5 Å². The van der Waals surface area contributed by atoms with Gasteiger partial charge in [0.15, 0.2) is 0 Å². The van der Waals surface area contributed by atoms with E-state index in [4.69, 9.17) is 4.74 Å². The van der Waals surface area contributed by atoms with Crippen LogP contribution >= 0.6 is 0 Å². The molecule has 1 N–H and O–H groups in total. The maximum Gasteiger partial charge on any atom is 0.418 e. The number of benzene rings is 1. The number of hydrogen-bond donors (Lipinski definition) is 1. The van der Waals surface area contributed by atoms with E-state index < -0.39 is 11.7 Å². The summed E-state index contributed by atoms with van der Waals surface area (Å²) < 4.78 is 46.3. The van der Waals surface area contributed by atoms with E-state index in [0.29, 0.717) is 19.8 Å². The molecular formula is C14H14F3N5O2. The highest BCUT2D eigenvalue weighted by Crippen LogP contribution is 2.38. The van der Waals surface area contributed by atoms with Gasteiger partial charge in [-0.05, 0) is 23.4 Å². The summed E-state index contributed by atoms with van der Waals surface area (Å²) >= 11 is 0.